The molecule has 0 bridgehead atoms. The van der Waals surface area contributed by atoms with Gasteiger partial charge < -0.3 is 10.2 Å². The lowest BCUT2D eigenvalue weighted by molar-refractivity contribution is -0.148. The van der Waals surface area contributed by atoms with Crippen molar-refractivity contribution in [3.05, 3.63) is 0 Å². The van der Waals surface area contributed by atoms with Crippen molar-refractivity contribution in [1.82, 2.24) is 15.1 Å². The predicted octanol–water partition coefficient (Wildman–Crippen LogP) is 1.23. The van der Waals surface area contributed by atoms with Gasteiger partial charge >= 0.3 is 0 Å². The number of piperidine rings is 2. The molecule has 0 aromatic heterocycles. The van der Waals surface area contributed by atoms with Crippen LogP contribution in [-0.2, 0) is 9.59 Å². The lowest BCUT2D eigenvalue weighted by Crippen LogP contribution is -2.56. The van der Waals surface area contributed by atoms with Crippen LogP contribution in [-0.4, -0.2) is 60.4 Å². The van der Waals surface area contributed by atoms with Crippen molar-refractivity contribution in [1.29, 1.82) is 0 Å². The molecule has 21 heavy (non-hydrogen) atoms. The SMILES string of the molecule is CCCN1CCCC(C(C)NC2CCC(=O)N(C)C2=O)C1. The van der Waals surface area contributed by atoms with E-state index in [0.29, 0.717) is 24.8 Å². The first-order valence-corrected chi connectivity index (χ1v) is 8.31. The molecule has 5 heteroatoms. The van der Waals surface area contributed by atoms with Gasteiger partial charge in [-0.3, -0.25) is 14.5 Å². The summed E-state index contributed by atoms with van der Waals surface area (Å²) in [6, 6.07) is 0.129. The van der Waals surface area contributed by atoms with E-state index in [1.54, 1.807) is 7.05 Å². The Morgan fingerprint density at radius 1 is 1.33 bits per heavy atom. The first-order valence-electron chi connectivity index (χ1n) is 8.31. The molecule has 0 aliphatic carbocycles. The third kappa shape index (κ3) is 4.04. The lowest BCUT2D eigenvalue weighted by atomic mass is 9.90. The van der Waals surface area contributed by atoms with E-state index in [1.807, 2.05) is 0 Å². The highest BCUT2D eigenvalue weighted by Gasteiger charge is 2.34. The van der Waals surface area contributed by atoms with Gasteiger partial charge in [-0.15, -0.1) is 0 Å². The highest BCUT2D eigenvalue weighted by molar-refractivity contribution is 6.00. The van der Waals surface area contributed by atoms with E-state index < -0.39 is 0 Å². The average Bonchev–Trinajstić information content (AvgIpc) is 2.48. The van der Waals surface area contributed by atoms with Crippen molar-refractivity contribution >= 4 is 11.8 Å². The Balaban J connectivity index is 1.87. The van der Waals surface area contributed by atoms with Gasteiger partial charge in [0.25, 0.3) is 0 Å². The summed E-state index contributed by atoms with van der Waals surface area (Å²) in [5.41, 5.74) is 0. The molecule has 120 valence electrons. The van der Waals surface area contributed by atoms with E-state index >= 15 is 0 Å². The Labute approximate surface area is 128 Å². The topological polar surface area (TPSA) is 52.7 Å². The number of amides is 2. The zero-order chi connectivity index (χ0) is 15.4. The van der Waals surface area contributed by atoms with Gasteiger partial charge in [0.1, 0.15) is 0 Å². The molecule has 2 amide bonds. The Morgan fingerprint density at radius 3 is 2.81 bits per heavy atom. The summed E-state index contributed by atoms with van der Waals surface area (Å²) < 4.78 is 0. The number of hydrogen-bond donors (Lipinski definition) is 1. The minimum Gasteiger partial charge on any atom is -0.303 e. The Bertz CT molecular complexity index is 384. The summed E-state index contributed by atoms with van der Waals surface area (Å²) in [6.07, 6.45) is 4.78. The molecule has 2 rings (SSSR count). The molecule has 3 unspecified atom stereocenters. The molecule has 1 N–H and O–H groups in total. The summed E-state index contributed by atoms with van der Waals surface area (Å²) in [5.74, 6) is 0.470. The van der Waals surface area contributed by atoms with Crippen molar-refractivity contribution in [2.24, 2.45) is 5.92 Å². The van der Waals surface area contributed by atoms with E-state index in [0.717, 1.165) is 6.54 Å². The number of rotatable bonds is 5. The molecule has 5 nitrogen and oxygen atoms in total. The number of likely N-dealkylation sites (N-methyl/N-ethyl adjacent to an activating group) is 1. The second-order valence-electron chi connectivity index (χ2n) is 6.54. The number of likely N-dealkylation sites (tertiary alicyclic amines) is 2. The monoisotopic (exact) mass is 295 g/mol. The normalized spacial score (nSPS) is 29.8. The molecule has 0 spiro atoms. The fraction of sp³-hybridized carbons (Fsp3) is 0.875. The van der Waals surface area contributed by atoms with Crippen molar-refractivity contribution < 1.29 is 9.59 Å². The third-order valence-corrected chi connectivity index (χ3v) is 4.90. The van der Waals surface area contributed by atoms with Gasteiger partial charge in [0.05, 0.1) is 6.04 Å². The van der Waals surface area contributed by atoms with Crippen molar-refractivity contribution in [3.63, 3.8) is 0 Å². The minimum atomic E-state index is -0.191. The number of nitrogens with one attached hydrogen (secondary N) is 1. The van der Waals surface area contributed by atoms with E-state index in [2.05, 4.69) is 24.1 Å². The number of hydrogen-bond acceptors (Lipinski definition) is 4. The molecule has 0 saturated carbocycles. The molecule has 2 heterocycles. The Hall–Kier alpha value is -0.940. The van der Waals surface area contributed by atoms with Crippen LogP contribution in [0.15, 0.2) is 0 Å². The Morgan fingerprint density at radius 2 is 2.10 bits per heavy atom. The van der Waals surface area contributed by atoms with Crippen LogP contribution in [0, 0.1) is 5.92 Å². The van der Waals surface area contributed by atoms with Gasteiger partial charge in [0, 0.05) is 26.1 Å². The maximum atomic E-state index is 12.2. The number of carbonyl (C=O) groups excluding carboxylic acids is 2. The fourth-order valence-electron chi connectivity index (χ4n) is 3.54. The van der Waals surface area contributed by atoms with Crippen molar-refractivity contribution in [2.75, 3.05) is 26.7 Å². The highest BCUT2D eigenvalue weighted by Crippen LogP contribution is 2.21. The molecule has 0 radical (unpaired) electrons. The maximum absolute atomic E-state index is 12.2. The summed E-state index contributed by atoms with van der Waals surface area (Å²) >= 11 is 0. The zero-order valence-electron chi connectivity index (χ0n) is 13.6. The number of nitrogens with zero attached hydrogens (tertiary/aromatic N) is 2. The van der Waals surface area contributed by atoms with Crippen molar-refractivity contribution in [3.8, 4) is 0 Å². The molecule has 0 aromatic rings. The van der Waals surface area contributed by atoms with E-state index in [9.17, 15) is 9.59 Å². The molecular weight excluding hydrogens is 266 g/mol. The van der Waals surface area contributed by atoms with Gasteiger partial charge in [-0.25, -0.2) is 0 Å². The first-order chi connectivity index (χ1) is 10.0. The maximum Gasteiger partial charge on any atom is 0.246 e. The van der Waals surface area contributed by atoms with Crippen LogP contribution in [0.4, 0.5) is 0 Å². The smallest absolute Gasteiger partial charge is 0.246 e. The molecule has 2 aliphatic heterocycles. The molecule has 0 aromatic carbocycles. The average molecular weight is 295 g/mol. The molecular formula is C16H29N3O2. The second kappa shape index (κ2) is 7.36. The summed E-state index contributed by atoms with van der Waals surface area (Å²) in [7, 11) is 1.59. The van der Waals surface area contributed by atoms with E-state index in [-0.39, 0.29) is 17.9 Å². The van der Waals surface area contributed by atoms with Gasteiger partial charge in [-0.05, 0) is 51.6 Å². The van der Waals surface area contributed by atoms with Gasteiger partial charge in [0.15, 0.2) is 0 Å². The minimum absolute atomic E-state index is 0.0579. The van der Waals surface area contributed by atoms with Gasteiger partial charge in [-0.2, -0.15) is 0 Å². The van der Waals surface area contributed by atoms with Crippen LogP contribution in [0.5, 0.6) is 0 Å². The molecule has 2 saturated heterocycles. The third-order valence-electron chi connectivity index (χ3n) is 4.90. The van der Waals surface area contributed by atoms with E-state index in [1.165, 1.54) is 37.3 Å². The summed E-state index contributed by atoms with van der Waals surface area (Å²) in [6.45, 7) is 7.90. The first kappa shape index (κ1) is 16.4. The van der Waals surface area contributed by atoms with E-state index in [4.69, 9.17) is 0 Å². The highest BCUT2D eigenvalue weighted by atomic mass is 16.2. The fourth-order valence-corrected chi connectivity index (χ4v) is 3.54. The van der Waals surface area contributed by atoms with Crippen LogP contribution in [0.2, 0.25) is 0 Å². The van der Waals surface area contributed by atoms with Crippen LogP contribution >= 0.6 is 0 Å². The summed E-state index contributed by atoms with van der Waals surface area (Å²) in [5, 5.41) is 3.48. The zero-order valence-corrected chi connectivity index (χ0v) is 13.6. The van der Waals surface area contributed by atoms with Crippen molar-refractivity contribution in [2.45, 2.75) is 58.0 Å². The second-order valence-corrected chi connectivity index (χ2v) is 6.54. The molecule has 3 atom stereocenters. The number of carbonyl (C=O) groups is 2. The van der Waals surface area contributed by atoms with Crippen LogP contribution in [0.1, 0.15) is 46.0 Å². The largest absolute Gasteiger partial charge is 0.303 e. The standard InChI is InChI=1S/C16H29N3O2/c1-4-9-19-10-5-6-13(11-19)12(2)17-14-7-8-15(20)18(3)16(14)21/h12-14,17H,4-11H2,1-3H3. The van der Waals surface area contributed by atoms with Crippen LogP contribution in [0.25, 0.3) is 0 Å². The van der Waals surface area contributed by atoms with Crippen LogP contribution in [0.3, 0.4) is 0 Å². The number of imide groups is 1. The predicted molar refractivity (Wildman–Crippen MR) is 82.9 cm³/mol. The lowest BCUT2D eigenvalue weighted by Gasteiger charge is -2.38. The summed E-state index contributed by atoms with van der Waals surface area (Å²) in [4.78, 5) is 27.5. The Kier molecular flexibility index (Phi) is 5.76. The quantitative estimate of drug-likeness (QED) is 0.775. The van der Waals surface area contributed by atoms with Gasteiger partial charge in [-0.1, -0.05) is 6.92 Å². The molecule has 2 fully saturated rings. The molecule has 2 aliphatic rings. The van der Waals surface area contributed by atoms with Crippen LogP contribution < -0.4 is 5.32 Å². The van der Waals surface area contributed by atoms with Gasteiger partial charge in [0.2, 0.25) is 11.8 Å².